The van der Waals surface area contributed by atoms with Crippen molar-refractivity contribution in [2.75, 3.05) is 11.9 Å². The van der Waals surface area contributed by atoms with Crippen LogP contribution in [-0.2, 0) is 18.3 Å². The number of phenols is 1. The van der Waals surface area contributed by atoms with Crippen LogP contribution in [0.5, 0.6) is 5.75 Å². The zero-order valence-electron chi connectivity index (χ0n) is 19.0. The monoisotopic (exact) mass is 474 g/mol. The number of nitrogens with zero attached hydrogens (tertiary/aromatic N) is 3. The van der Waals surface area contributed by atoms with E-state index in [9.17, 15) is 14.7 Å². The summed E-state index contributed by atoms with van der Waals surface area (Å²) in [6.45, 7) is 2.01. The largest absolute Gasteiger partial charge is 0.506 e. The van der Waals surface area contributed by atoms with Crippen molar-refractivity contribution < 1.29 is 9.90 Å². The number of likely N-dealkylation sites (N-methyl/N-ethyl adjacent to an activating group) is 1. The van der Waals surface area contributed by atoms with E-state index in [1.807, 2.05) is 49.4 Å². The fourth-order valence-electron chi connectivity index (χ4n) is 4.51. The number of hydrogen-bond acceptors (Lipinski definition) is 4. The van der Waals surface area contributed by atoms with Crippen molar-refractivity contribution >= 4 is 39.9 Å². The number of carbonyl (C=O) groups excluding carboxylic acids is 1. The number of nitrogens with one attached hydrogen (secondary N) is 1. The molecule has 0 fully saturated rings. The van der Waals surface area contributed by atoms with Gasteiger partial charge in [0, 0.05) is 42.7 Å². The molecule has 0 bridgehead atoms. The smallest absolute Gasteiger partial charge is 0.326 e. The summed E-state index contributed by atoms with van der Waals surface area (Å²) in [6.07, 6.45) is 0.409. The maximum atomic E-state index is 13.5. The summed E-state index contributed by atoms with van der Waals surface area (Å²) in [5.41, 5.74) is 5.42. The number of benzodiazepines with no additional fused rings is 1. The third kappa shape index (κ3) is 3.58. The molecule has 0 saturated heterocycles. The molecule has 2 N–H and O–H groups in total. The molecular formula is C26H23ClN4O3. The average molecular weight is 475 g/mol. The van der Waals surface area contributed by atoms with Crippen LogP contribution < -0.4 is 10.6 Å². The molecule has 5 rings (SSSR count). The summed E-state index contributed by atoms with van der Waals surface area (Å²) >= 11 is 6.31. The summed E-state index contributed by atoms with van der Waals surface area (Å²) in [6, 6.07) is 15.8. The number of benzene rings is 3. The van der Waals surface area contributed by atoms with E-state index >= 15 is 0 Å². The molecule has 3 aromatic carbocycles. The van der Waals surface area contributed by atoms with Gasteiger partial charge in [0.25, 0.3) is 5.91 Å². The third-order valence-electron chi connectivity index (χ3n) is 6.40. The van der Waals surface area contributed by atoms with Gasteiger partial charge in [-0.05, 0) is 36.2 Å². The van der Waals surface area contributed by atoms with Crippen LogP contribution in [0.4, 0.5) is 5.69 Å². The minimum absolute atomic E-state index is 0.0993. The number of carbonyl (C=O) groups is 1. The Labute approximate surface area is 200 Å². The van der Waals surface area contributed by atoms with Crippen LogP contribution >= 0.6 is 11.6 Å². The molecule has 1 atom stereocenters. The van der Waals surface area contributed by atoms with Crippen LogP contribution in [-0.4, -0.2) is 39.4 Å². The Morgan fingerprint density at radius 2 is 1.85 bits per heavy atom. The van der Waals surface area contributed by atoms with E-state index in [-0.39, 0.29) is 17.3 Å². The molecule has 0 radical (unpaired) electrons. The van der Waals surface area contributed by atoms with Crippen molar-refractivity contribution in [2.45, 2.75) is 19.4 Å². The fraction of sp³-hybridized carbons (Fsp3) is 0.192. The Hall–Kier alpha value is -3.84. The normalized spacial score (nSPS) is 15.9. The quantitative estimate of drug-likeness (QED) is 0.471. The molecule has 0 aliphatic carbocycles. The van der Waals surface area contributed by atoms with Crippen molar-refractivity contribution in [1.82, 2.24) is 9.55 Å². The first kappa shape index (κ1) is 22.0. The highest BCUT2D eigenvalue weighted by Gasteiger charge is 2.32. The summed E-state index contributed by atoms with van der Waals surface area (Å²) in [4.78, 5) is 34.8. The zero-order chi connectivity index (χ0) is 24.1. The van der Waals surface area contributed by atoms with Gasteiger partial charge in [-0.2, -0.15) is 0 Å². The van der Waals surface area contributed by atoms with Crippen molar-refractivity contribution in [2.24, 2.45) is 12.0 Å². The lowest BCUT2D eigenvalue weighted by Crippen LogP contribution is -2.36. The molecule has 8 heteroatoms. The van der Waals surface area contributed by atoms with Gasteiger partial charge in [-0.3, -0.25) is 14.4 Å². The lowest BCUT2D eigenvalue weighted by molar-refractivity contribution is -0.119. The van der Waals surface area contributed by atoms with E-state index in [0.29, 0.717) is 45.0 Å². The van der Waals surface area contributed by atoms with Crippen molar-refractivity contribution in [1.29, 1.82) is 0 Å². The maximum absolute atomic E-state index is 13.5. The van der Waals surface area contributed by atoms with E-state index in [1.165, 1.54) is 15.5 Å². The van der Waals surface area contributed by atoms with Gasteiger partial charge in [0.15, 0.2) is 0 Å². The predicted molar refractivity (Wildman–Crippen MR) is 134 cm³/mol. The Morgan fingerprint density at radius 3 is 2.62 bits per heavy atom. The van der Waals surface area contributed by atoms with Gasteiger partial charge < -0.3 is 15.0 Å². The molecule has 4 aromatic rings. The van der Waals surface area contributed by atoms with Gasteiger partial charge in [-0.25, -0.2) is 4.79 Å². The van der Waals surface area contributed by atoms with Crippen LogP contribution in [0.25, 0.3) is 11.0 Å². The van der Waals surface area contributed by atoms with E-state index in [0.717, 1.165) is 11.1 Å². The molecule has 1 unspecified atom stereocenters. The maximum Gasteiger partial charge on any atom is 0.326 e. The predicted octanol–water partition coefficient (Wildman–Crippen LogP) is 3.96. The van der Waals surface area contributed by atoms with E-state index in [2.05, 4.69) is 4.98 Å². The molecule has 1 aliphatic rings. The number of aryl methyl sites for hydroxylation is 2. The summed E-state index contributed by atoms with van der Waals surface area (Å²) in [7, 11) is 3.33. The highest BCUT2D eigenvalue weighted by molar-refractivity contribution is 6.32. The second-order valence-electron chi connectivity index (χ2n) is 8.56. The number of phenolic OH excluding ortho intramolecular Hbond substituents is 1. The molecule has 1 aliphatic heterocycles. The number of aromatic hydroxyl groups is 1. The zero-order valence-corrected chi connectivity index (χ0v) is 19.7. The summed E-state index contributed by atoms with van der Waals surface area (Å²) in [5.74, 6) is -0.329. The van der Waals surface area contributed by atoms with Crippen LogP contribution in [0, 0.1) is 6.92 Å². The number of amides is 1. The van der Waals surface area contributed by atoms with Crippen molar-refractivity contribution in [3.63, 3.8) is 0 Å². The molecular weight excluding hydrogens is 452 g/mol. The topological polar surface area (TPSA) is 90.7 Å². The molecule has 0 spiro atoms. The Morgan fingerprint density at radius 1 is 1.09 bits per heavy atom. The number of rotatable bonds is 3. The lowest BCUT2D eigenvalue weighted by Gasteiger charge is -2.22. The second-order valence-corrected chi connectivity index (χ2v) is 9.00. The summed E-state index contributed by atoms with van der Waals surface area (Å²) in [5, 5.41) is 11.1. The van der Waals surface area contributed by atoms with Crippen LogP contribution in [0.15, 0.2) is 64.4 Å². The van der Waals surface area contributed by atoms with E-state index in [1.54, 1.807) is 20.2 Å². The van der Waals surface area contributed by atoms with Crippen molar-refractivity contribution in [3.8, 4) is 5.75 Å². The summed E-state index contributed by atoms with van der Waals surface area (Å²) < 4.78 is 1.52. The minimum atomic E-state index is -0.711. The number of halogens is 1. The number of anilines is 1. The first-order chi connectivity index (χ1) is 16.2. The van der Waals surface area contributed by atoms with Gasteiger partial charge in [0.05, 0.1) is 22.4 Å². The van der Waals surface area contributed by atoms with Gasteiger partial charge in [-0.1, -0.05) is 41.9 Å². The number of aromatic nitrogens is 2. The van der Waals surface area contributed by atoms with Crippen LogP contribution in [0.1, 0.15) is 22.3 Å². The number of H-pyrrole nitrogens is 1. The first-order valence-electron chi connectivity index (χ1n) is 10.9. The van der Waals surface area contributed by atoms with Gasteiger partial charge >= 0.3 is 5.69 Å². The number of aliphatic imine (C=N–C) groups is 1. The van der Waals surface area contributed by atoms with Gasteiger partial charge in [0.1, 0.15) is 11.8 Å². The third-order valence-corrected chi connectivity index (χ3v) is 6.62. The molecule has 1 amide bonds. The van der Waals surface area contributed by atoms with Gasteiger partial charge in [0.2, 0.25) is 0 Å². The second kappa shape index (κ2) is 8.18. The number of imidazole rings is 1. The molecule has 1 aromatic heterocycles. The minimum Gasteiger partial charge on any atom is -0.506 e. The van der Waals surface area contributed by atoms with Crippen LogP contribution in [0.2, 0.25) is 5.02 Å². The Bertz CT molecular complexity index is 1550. The molecule has 2 heterocycles. The number of aromatic amines is 1. The highest BCUT2D eigenvalue weighted by Crippen LogP contribution is 2.38. The fourth-order valence-corrected chi connectivity index (χ4v) is 4.73. The first-order valence-corrected chi connectivity index (χ1v) is 11.2. The number of hydrogen-bond donors (Lipinski definition) is 2. The van der Waals surface area contributed by atoms with Crippen LogP contribution in [0.3, 0.4) is 0 Å². The highest BCUT2D eigenvalue weighted by atomic mass is 35.5. The van der Waals surface area contributed by atoms with E-state index in [4.69, 9.17) is 16.6 Å². The molecule has 172 valence electrons. The standard InChI is InChI=1S/C26H23ClN4O3/c1-14-6-4-5-7-15(14)10-20-25(33)31(3)24-18(12-17(27)13-22(24)32)23(28-20)16-8-9-19-21(11-16)30(2)26(34)29-19/h4-9,11-13,20,32H,10H2,1-3H3,(H,29,34). The van der Waals surface area contributed by atoms with E-state index < -0.39 is 6.04 Å². The number of fused-ring (bicyclic) bond motifs is 2. The van der Waals surface area contributed by atoms with Gasteiger partial charge in [-0.15, -0.1) is 0 Å². The lowest BCUT2D eigenvalue weighted by atomic mass is 9.98. The molecule has 0 saturated carbocycles. The Balaban J connectivity index is 1.75. The Kier molecular flexibility index (Phi) is 5.29. The average Bonchev–Trinajstić information content (AvgIpc) is 3.04. The molecule has 7 nitrogen and oxygen atoms in total. The SMILES string of the molecule is Cc1ccccc1CC1N=C(c2ccc3[nH]c(=O)n(C)c3c2)c2cc(Cl)cc(O)c2N(C)C1=O. The van der Waals surface area contributed by atoms with Crippen molar-refractivity contribution in [3.05, 3.63) is 92.4 Å². The molecule has 34 heavy (non-hydrogen) atoms.